The molecule has 1 aliphatic rings. The smallest absolute Gasteiger partial charge is 0.321 e. The molecule has 0 aromatic heterocycles. The van der Waals surface area contributed by atoms with Gasteiger partial charge in [0.1, 0.15) is 11.2 Å². The van der Waals surface area contributed by atoms with E-state index in [9.17, 15) is 14.4 Å². The van der Waals surface area contributed by atoms with E-state index >= 15 is 0 Å². The molecule has 0 saturated heterocycles. The first-order chi connectivity index (χ1) is 18.4. The van der Waals surface area contributed by atoms with Crippen LogP contribution in [0.2, 0.25) is 0 Å². The molecule has 0 fully saturated rings. The predicted molar refractivity (Wildman–Crippen MR) is 145 cm³/mol. The van der Waals surface area contributed by atoms with E-state index in [1.165, 1.54) is 7.11 Å². The molecule has 2 amide bonds. The van der Waals surface area contributed by atoms with Crippen LogP contribution in [0.3, 0.4) is 0 Å². The van der Waals surface area contributed by atoms with Gasteiger partial charge in [-0.25, -0.2) is 0 Å². The number of methoxy groups -OCH3 is 1. The number of nitrogens with one attached hydrogen (secondary N) is 1. The fourth-order valence-corrected chi connectivity index (χ4v) is 5.34. The van der Waals surface area contributed by atoms with E-state index in [-0.39, 0.29) is 24.4 Å². The molecule has 3 aromatic rings. The number of nitrogens with zero attached hydrogens (tertiary/aromatic N) is 1. The summed E-state index contributed by atoms with van der Waals surface area (Å²) in [5.41, 5.74) is 2.00. The van der Waals surface area contributed by atoms with Crippen molar-refractivity contribution in [2.24, 2.45) is 0 Å². The summed E-state index contributed by atoms with van der Waals surface area (Å²) in [4.78, 5) is 41.4. The van der Waals surface area contributed by atoms with E-state index in [0.717, 1.165) is 16.7 Å². The number of hydrogen-bond donors (Lipinski definition) is 1. The Morgan fingerprint density at radius 3 is 2.39 bits per heavy atom. The molecule has 38 heavy (non-hydrogen) atoms. The van der Waals surface area contributed by atoms with Gasteiger partial charge in [-0.3, -0.25) is 14.4 Å². The highest BCUT2D eigenvalue weighted by molar-refractivity contribution is 5.97. The molecule has 0 saturated carbocycles. The van der Waals surface area contributed by atoms with Gasteiger partial charge in [0.25, 0.3) is 5.91 Å². The van der Waals surface area contributed by atoms with Crippen LogP contribution in [0.5, 0.6) is 5.75 Å². The Kier molecular flexibility index (Phi) is 8.46. The van der Waals surface area contributed by atoms with Crippen molar-refractivity contribution >= 4 is 17.8 Å². The maximum Gasteiger partial charge on any atom is 0.321 e. The SMILES string of the molecule is CCOC(=O)C1(c2ccccc2)CCC(C(=O)N(C)CCNC(=O)c2ccccc2OC)c2ccccc21. The first-order valence-electron chi connectivity index (χ1n) is 12.9. The zero-order chi connectivity index (χ0) is 27.1. The number of amides is 2. The monoisotopic (exact) mass is 514 g/mol. The average Bonchev–Trinajstić information content (AvgIpc) is 2.96. The van der Waals surface area contributed by atoms with E-state index in [2.05, 4.69) is 5.32 Å². The number of fused-ring (bicyclic) bond motifs is 1. The molecule has 7 heteroatoms. The van der Waals surface area contributed by atoms with Gasteiger partial charge < -0.3 is 19.7 Å². The Balaban J connectivity index is 1.53. The van der Waals surface area contributed by atoms with Crippen LogP contribution in [-0.4, -0.2) is 56.5 Å². The minimum absolute atomic E-state index is 0.0467. The first-order valence-corrected chi connectivity index (χ1v) is 12.9. The largest absolute Gasteiger partial charge is 0.496 e. The summed E-state index contributed by atoms with van der Waals surface area (Å²) in [6.07, 6.45) is 0.961. The van der Waals surface area contributed by atoms with Crippen LogP contribution in [0.25, 0.3) is 0 Å². The number of para-hydroxylation sites is 1. The van der Waals surface area contributed by atoms with Gasteiger partial charge in [0.15, 0.2) is 0 Å². The number of ether oxygens (including phenoxy) is 2. The number of rotatable bonds is 9. The molecule has 0 bridgehead atoms. The summed E-state index contributed by atoms with van der Waals surface area (Å²) in [5.74, 6) is -0.496. The van der Waals surface area contributed by atoms with Crippen LogP contribution in [0, 0.1) is 0 Å². The highest BCUT2D eigenvalue weighted by atomic mass is 16.5. The molecule has 1 N–H and O–H groups in total. The normalized spacial score (nSPS) is 18.1. The molecule has 0 spiro atoms. The Bertz CT molecular complexity index is 1290. The van der Waals surface area contributed by atoms with E-state index in [1.807, 2.05) is 54.6 Å². The zero-order valence-electron chi connectivity index (χ0n) is 22.1. The second kappa shape index (κ2) is 11.9. The van der Waals surface area contributed by atoms with E-state index in [0.29, 0.717) is 37.2 Å². The highest BCUT2D eigenvalue weighted by Crippen LogP contribution is 2.48. The molecule has 198 valence electrons. The summed E-state index contributed by atoms with van der Waals surface area (Å²) in [7, 11) is 3.26. The molecule has 4 rings (SSSR count). The van der Waals surface area contributed by atoms with E-state index in [4.69, 9.17) is 9.47 Å². The number of carbonyl (C=O) groups is 3. The van der Waals surface area contributed by atoms with Crippen LogP contribution in [0.15, 0.2) is 78.9 Å². The molecular formula is C31H34N2O5. The molecule has 2 atom stereocenters. The number of esters is 1. The lowest BCUT2D eigenvalue weighted by Crippen LogP contribution is -2.45. The van der Waals surface area contributed by atoms with Crippen LogP contribution in [0.4, 0.5) is 0 Å². The molecular weight excluding hydrogens is 480 g/mol. The summed E-state index contributed by atoms with van der Waals surface area (Å²) < 4.78 is 10.9. The molecule has 3 aromatic carbocycles. The van der Waals surface area contributed by atoms with Gasteiger partial charge in [0.05, 0.1) is 25.2 Å². The van der Waals surface area contributed by atoms with Gasteiger partial charge in [0, 0.05) is 20.1 Å². The van der Waals surface area contributed by atoms with Crippen molar-refractivity contribution in [3.05, 3.63) is 101 Å². The molecule has 0 heterocycles. The Hall–Kier alpha value is -4.13. The maximum absolute atomic E-state index is 13.6. The summed E-state index contributed by atoms with van der Waals surface area (Å²) in [6, 6.07) is 24.4. The number of carbonyl (C=O) groups excluding carboxylic acids is 3. The van der Waals surface area contributed by atoms with Crippen molar-refractivity contribution in [1.82, 2.24) is 10.2 Å². The second-order valence-corrected chi connectivity index (χ2v) is 9.39. The van der Waals surface area contributed by atoms with Crippen molar-refractivity contribution in [3.63, 3.8) is 0 Å². The van der Waals surface area contributed by atoms with Gasteiger partial charge >= 0.3 is 5.97 Å². The third kappa shape index (κ3) is 5.14. The van der Waals surface area contributed by atoms with Crippen LogP contribution < -0.4 is 10.1 Å². The van der Waals surface area contributed by atoms with Gasteiger partial charge in [-0.1, -0.05) is 66.7 Å². The van der Waals surface area contributed by atoms with E-state index < -0.39 is 11.3 Å². The predicted octanol–water partition coefficient (Wildman–Crippen LogP) is 4.31. The fraction of sp³-hybridized carbons (Fsp3) is 0.323. The summed E-state index contributed by atoms with van der Waals surface area (Å²) in [6.45, 7) is 2.73. The lowest BCUT2D eigenvalue weighted by atomic mass is 9.63. The van der Waals surface area contributed by atoms with Crippen molar-refractivity contribution in [2.45, 2.75) is 31.1 Å². The van der Waals surface area contributed by atoms with Gasteiger partial charge in [0.2, 0.25) is 5.91 Å². The van der Waals surface area contributed by atoms with Gasteiger partial charge in [-0.05, 0) is 48.6 Å². The van der Waals surface area contributed by atoms with Gasteiger partial charge in [-0.2, -0.15) is 0 Å². The number of hydrogen-bond acceptors (Lipinski definition) is 5. The van der Waals surface area contributed by atoms with Crippen molar-refractivity contribution in [3.8, 4) is 5.75 Å². The lowest BCUT2D eigenvalue weighted by Gasteiger charge is -2.40. The number of likely N-dealkylation sites (N-methyl/N-ethyl adjacent to an activating group) is 1. The lowest BCUT2D eigenvalue weighted by molar-refractivity contribution is -0.149. The Morgan fingerprint density at radius 1 is 0.974 bits per heavy atom. The molecule has 0 aliphatic heterocycles. The summed E-state index contributed by atoms with van der Waals surface area (Å²) >= 11 is 0. The molecule has 2 unspecified atom stereocenters. The van der Waals surface area contributed by atoms with Crippen LogP contribution in [0.1, 0.15) is 52.7 Å². The minimum Gasteiger partial charge on any atom is -0.496 e. The maximum atomic E-state index is 13.6. The number of benzene rings is 3. The molecule has 1 aliphatic carbocycles. The van der Waals surface area contributed by atoms with Crippen molar-refractivity contribution < 1.29 is 23.9 Å². The topological polar surface area (TPSA) is 84.9 Å². The third-order valence-electron chi connectivity index (χ3n) is 7.25. The molecule has 0 radical (unpaired) electrons. The summed E-state index contributed by atoms with van der Waals surface area (Å²) in [5, 5.41) is 2.87. The van der Waals surface area contributed by atoms with Crippen molar-refractivity contribution in [2.75, 3.05) is 33.9 Å². The van der Waals surface area contributed by atoms with E-state index in [1.54, 1.807) is 43.1 Å². The zero-order valence-corrected chi connectivity index (χ0v) is 22.1. The first kappa shape index (κ1) is 26.9. The third-order valence-corrected chi connectivity index (χ3v) is 7.25. The van der Waals surface area contributed by atoms with Crippen LogP contribution in [-0.2, 0) is 19.7 Å². The second-order valence-electron chi connectivity index (χ2n) is 9.39. The standard InChI is InChI=1S/C31H34N2O5/c1-4-38-30(36)31(22-12-6-5-7-13-22)19-18-24(23-14-8-10-16-26(23)31)29(35)33(2)21-20-32-28(34)25-15-9-11-17-27(25)37-3/h5-17,24H,4,18-21H2,1-3H3,(H,32,34). The average molecular weight is 515 g/mol. The highest BCUT2D eigenvalue weighted by Gasteiger charge is 2.49. The Morgan fingerprint density at radius 2 is 1.66 bits per heavy atom. The quantitative estimate of drug-likeness (QED) is 0.430. The Labute approximate surface area is 223 Å². The fourth-order valence-electron chi connectivity index (χ4n) is 5.34. The van der Waals surface area contributed by atoms with Crippen molar-refractivity contribution in [1.29, 1.82) is 0 Å². The van der Waals surface area contributed by atoms with Gasteiger partial charge in [-0.15, -0.1) is 0 Å². The van der Waals surface area contributed by atoms with Crippen LogP contribution >= 0.6 is 0 Å². The molecule has 7 nitrogen and oxygen atoms in total. The minimum atomic E-state index is -0.966.